The van der Waals surface area contributed by atoms with Gasteiger partial charge in [-0.2, -0.15) is 0 Å². The molecule has 0 saturated heterocycles. The Morgan fingerprint density at radius 2 is 2.00 bits per heavy atom. The van der Waals surface area contributed by atoms with Crippen molar-refractivity contribution in [3.8, 4) is 0 Å². The smallest absolute Gasteiger partial charge is 0.282 e. The van der Waals surface area contributed by atoms with Gasteiger partial charge in [-0.1, -0.05) is 20.8 Å². The molecule has 0 bridgehead atoms. The van der Waals surface area contributed by atoms with Crippen molar-refractivity contribution in [2.75, 3.05) is 0 Å². The molecule has 0 radical (unpaired) electrons. The predicted octanol–water partition coefficient (Wildman–Crippen LogP) is 1.82. The number of nitrogens with one attached hydrogen (secondary N) is 1. The first kappa shape index (κ1) is 14.1. The number of ketones is 1. The lowest BCUT2D eigenvalue weighted by atomic mass is 9.50. The summed E-state index contributed by atoms with van der Waals surface area (Å²) in [5.74, 6) is 0.225. The number of aromatic nitrogens is 2. The summed E-state index contributed by atoms with van der Waals surface area (Å²) in [6, 6.07) is -0.601. The van der Waals surface area contributed by atoms with E-state index in [1.54, 1.807) is 7.05 Å². The van der Waals surface area contributed by atoms with Gasteiger partial charge in [0.25, 0.3) is 11.6 Å². The van der Waals surface area contributed by atoms with Crippen LogP contribution in [0.25, 0.3) is 4.85 Å². The second-order valence-corrected chi connectivity index (χ2v) is 7.27. The highest BCUT2D eigenvalue weighted by molar-refractivity contribution is 5.92. The van der Waals surface area contributed by atoms with Gasteiger partial charge in [0.05, 0.1) is 0 Å². The lowest BCUT2D eigenvalue weighted by Gasteiger charge is -2.51. The van der Waals surface area contributed by atoms with Crippen LogP contribution >= 0.6 is 0 Å². The molecule has 0 aliphatic heterocycles. The topological polar surface area (TPSA) is 59.2 Å². The molecular formula is C16H21N3O2. The molecule has 5 nitrogen and oxygen atoms in total. The average Bonchev–Trinajstić information content (AvgIpc) is 2.72. The van der Waals surface area contributed by atoms with E-state index in [1.807, 2.05) is 13.8 Å². The SMILES string of the molecule is [C-]#[N+]C1C[C@]2(C)c3[nH]n(C)c(=O)c3CC[C@H]2C(C)(C)C1=O. The molecule has 1 aromatic heterocycles. The molecule has 1 N–H and O–H groups in total. The number of hydrogen-bond acceptors (Lipinski definition) is 2. The van der Waals surface area contributed by atoms with Crippen LogP contribution in [-0.4, -0.2) is 21.6 Å². The Kier molecular flexibility index (Phi) is 2.75. The van der Waals surface area contributed by atoms with Crippen molar-refractivity contribution >= 4 is 5.78 Å². The van der Waals surface area contributed by atoms with Crippen molar-refractivity contribution in [2.45, 2.75) is 51.5 Å². The summed E-state index contributed by atoms with van der Waals surface area (Å²) < 4.78 is 1.52. The van der Waals surface area contributed by atoms with E-state index in [0.717, 1.165) is 17.7 Å². The Morgan fingerprint density at radius 1 is 1.33 bits per heavy atom. The molecule has 3 atom stereocenters. The third kappa shape index (κ3) is 1.62. The van der Waals surface area contributed by atoms with Gasteiger partial charge in [0.2, 0.25) is 5.78 Å². The number of fused-ring (bicyclic) bond motifs is 3. The zero-order chi connectivity index (χ0) is 15.6. The number of H-pyrrole nitrogens is 1. The molecule has 2 aliphatic carbocycles. The van der Waals surface area contributed by atoms with Gasteiger partial charge in [0, 0.05) is 35.6 Å². The number of nitrogens with zero attached hydrogens (tertiary/aromatic N) is 2. The van der Waals surface area contributed by atoms with E-state index >= 15 is 0 Å². The fourth-order valence-electron chi connectivity index (χ4n) is 4.68. The first-order chi connectivity index (χ1) is 9.73. The van der Waals surface area contributed by atoms with Crippen LogP contribution in [0.4, 0.5) is 0 Å². The van der Waals surface area contributed by atoms with E-state index in [-0.39, 0.29) is 22.7 Å². The van der Waals surface area contributed by atoms with Crippen LogP contribution in [0.1, 0.15) is 44.9 Å². The molecule has 1 fully saturated rings. The lowest BCUT2D eigenvalue weighted by Crippen LogP contribution is -2.57. The third-order valence-electron chi connectivity index (χ3n) is 5.75. The highest BCUT2D eigenvalue weighted by Gasteiger charge is 2.60. The molecule has 1 unspecified atom stereocenters. The minimum atomic E-state index is -0.601. The molecule has 0 aromatic carbocycles. The van der Waals surface area contributed by atoms with E-state index in [9.17, 15) is 9.59 Å². The number of aryl methyl sites for hydroxylation is 1. The third-order valence-corrected chi connectivity index (χ3v) is 5.75. The number of carbonyl (C=O) groups excluding carboxylic acids is 1. The first-order valence-electron chi connectivity index (χ1n) is 7.42. The van der Waals surface area contributed by atoms with Gasteiger partial charge in [0.1, 0.15) is 0 Å². The number of aromatic amines is 1. The molecule has 0 spiro atoms. The summed E-state index contributed by atoms with van der Waals surface area (Å²) >= 11 is 0. The molecule has 1 saturated carbocycles. The van der Waals surface area contributed by atoms with Crippen molar-refractivity contribution in [3.05, 3.63) is 33.0 Å². The molecule has 3 rings (SSSR count). The number of carbonyl (C=O) groups is 1. The van der Waals surface area contributed by atoms with E-state index in [2.05, 4.69) is 16.9 Å². The Labute approximate surface area is 124 Å². The van der Waals surface area contributed by atoms with Crippen LogP contribution in [0.3, 0.4) is 0 Å². The van der Waals surface area contributed by atoms with Crippen LogP contribution < -0.4 is 5.56 Å². The molecular weight excluding hydrogens is 266 g/mol. The second kappa shape index (κ2) is 4.09. The maximum Gasteiger partial charge on any atom is 0.282 e. The van der Waals surface area contributed by atoms with E-state index in [1.165, 1.54) is 4.68 Å². The quantitative estimate of drug-likeness (QED) is 0.740. The van der Waals surface area contributed by atoms with Crippen molar-refractivity contribution in [2.24, 2.45) is 18.4 Å². The van der Waals surface area contributed by atoms with Crippen LogP contribution in [0.2, 0.25) is 0 Å². The van der Waals surface area contributed by atoms with E-state index in [4.69, 9.17) is 6.57 Å². The number of rotatable bonds is 0. The minimum Gasteiger partial charge on any atom is -0.305 e. The van der Waals surface area contributed by atoms with Gasteiger partial charge in [-0.25, -0.2) is 6.57 Å². The predicted molar refractivity (Wildman–Crippen MR) is 79.0 cm³/mol. The fourth-order valence-corrected chi connectivity index (χ4v) is 4.68. The summed E-state index contributed by atoms with van der Waals surface area (Å²) in [6.07, 6.45) is 2.06. The molecule has 0 amide bonds. The molecule has 2 aliphatic rings. The van der Waals surface area contributed by atoms with Gasteiger partial charge in [0.15, 0.2) is 0 Å². The molecule has 1 aromatic rings. The van der Waals surface area contributed by atoms with Crippen LogP contribution in [0.15, 0.2) is 4.79 Å². The second-order valence-electron chi connectivity index (χ2n) is 7.27. The Morgan fingerprint density at radius 3 is 2.62 bits per heavy atom. The summed E-state index contributed by atoms with van der Waals surface area (Å²) in [5.41, 5.74) is 0.983. The van der Waals surface area contributed by atoms with Crippen LogP contribution in [-0.2, 0) is 23.7 Å². The van der Waals surface area contributed by atoms with Gasteiger partial charge < -0.3 is 4.85 Å². The van der Waals surface area contributed by atoms with Crippen molar-refractivity contribution in [3.63, 3.8) is 0 Å². The highest BCUT2D eigenvalue weighted by Crippen LogP contribution is 2.55. The van der Waals surface area contributed by atoms with E-state index < -0.39 is 11.5 Å². The maximum absolute atomic E-state index is 12.6. The largest absolute Gasteiger partial charge is 0.305 e. The van der Waals surface area contributed by atoms with Crippen LogP contribution in [0.5, 0.6) is 0 Å². The molecule has 5 heteroatoms. The van der Waals surface area contributed by atoms with Crippen molar-refractivity contribution in [1.82, 2.24) is 9.78 Å². The number of Topliss-reactive ketones (excluding diaryl/α,β-unsaturated/α-hetero) is 1. The Hall–Kier alpha value is -1.83. The number of hydrogen-bond donors (Lipinski definition) is 1. The van der Waals surface area contributed by atoms with Gasteiger partial charge in [-0.3, -0.25) is 19.4 Å². The first-order valence-corrected chi connectivity index (χ1v) is 7.42. The maximum atomic E-state index is 12.6. The molecule has 21 heavy (non-hydrogen) atoms. The average molecular weight is 287 g/mol. The van der Waals surface area contributed by atoms with Gasteiger partial charge in [-0.05, 0) is 18.8 Å². The summed E-state index contributed by atoms with van der Waals surface area (Å²) in [5, 5.41) is 3.19. The minimum absolute atomic E-state index is 0.0266. The van der Waals surface area contributed by atoms with Gasteiger partial charge >= 0.3 is 0 Å². The highest BCUT2D eigenvalue weighted by atomic mass is 16.1. The zero-order valence-corrected chi connectivity index (χ0v) is 13.0. The fraction of sp³-hybridized carbons (Fsp3) is 0.688. The Balaban J connectivity index is 2.22. The molecule has 1 heterocycles. The summed E-state index contributed by atoms with van der Waals surface area (Å²) in [4.78, 5) is 28.3. The molecule has 112 valence electrons. The van der Waals surface area contributed by atoms with Crippen LogP contribution in [0, 0.1) is 17.9 Å². The normalized spacial score (nSPS) is 34.0. The Bertz CT molecular complexity index is 719. The zero-order valence-electron chi connectivity index (χ0n) is 13.0. The lowest BCUT2D eigenvalue weighted by molar-refractivity contribution is -0.137. The van der Waals surface area contributed by atoms with Gasteiger partial charge in [-0.15, -0.1) is 0 Å². The monoisotopic (exact) mass is 287 g/mol. The van der Waals surface area contributed by atoms with Crippen molar-refractivity contribution in [1.29, 1.82) is 0 Å². The summed E-state index contributed by atoms with van der Waals surface area (Å²) in [7, 11) is 1.73. The standard InChI is InChI=1S/C16H21N3O2/c1-15(2)11-7-6-9-12(18-19(5)14(9)21)16(11,3)8-10(17-4)13(15)20/h10-11,18H,6-8H2,1-3,5H3/t10?,11-,16-/m0/s1. The summed E-state index contributed by atoms with van der Waals surface area (Å²) in [6.45, 7) is 13.4. The van der Waals surface area contributed by atoms with Crippen molar-refractivity contribution < 1.29 is 4.79 Å². The van der Waals surface area contributed by atoms with E-state index in [0.29, 0.717) is 12.8 Å².